The fourth-order valence-electron chi connectivity index (χ4n) is 2.81. The van der Waals surface area contributed by atoms with Crippen LogP contribution in [0.3, 0.4) is 0 Å². The van der Waals surface area contributed by atoms with Gasteiger partial charge in [0.2, 0.25) is 10.0 Å². The molecule has 1 saturated heterocycles. The number of benzene rings is 1. The molecule has 2 rings (SSSR count). The van der Waals surface area contributed by atoms with Gasteiger partial charge in [-0.2, -0.15) is 0 Å². The van der Waals surface area contributed by atoms with Crippen molar-refractivity contribution in [1.82, 2.24) is 9.62 Å². The van der Waals surface area contributed by atoms with Crippen LogP contribution in [0.4, 0.5) is 5.69 Å². The normalized spacial score (nSPS) is 16.5. The zero-order valence-corrected chi connectivity index (χ0v) is 14.7. The monoisotopic (exact) mass is 371 g/mol. The van der Waals surface area contributed by atoms with Crippen LogP contribution < -0.4 is 4.72 Å². The molecule has 1 aromatic carbocycles. The lowest BCUT2D eigenvalue weighted by Gasteiger charge is -2.30. The molecule has 0 saturated carbocycles. The van der Waals surface area contributed by atoms with Gasteiger partial charge in [-0.05, 0) is 32.0 Å². The first-order valence-corrected chi connectivity index (χ1v) is 9.36. The smallest absolute Gasteiger partial charge is 0.308 e. The van der Waals surface area contributed by atoms with Gasteiger partial charge in [-0.3, -0.25) is 14.9 Å². The molecule has 1 aromatic rings. The summed E-state index contributed by atoms with van der Waals surface area (Å²) in [6.45, 7) is 1.95. The number of rotatable bonds is 7. The van der Waals surface area contributed by atoms with Crippen LogP contribution in [0.1, 0.15) is 12.8 Å². The summed E-state index contributed by atoms with van der Waals surface area (Å²) in [5.41, 5.74) is -0.450. The van der Waals surface area contributed by atoms with Gasteiger partial charge in [0, 0.05) is 19.2 Å². The molecule has 1 fully saturated rings. The van der Waals surface area contributed by atoms with Crippen LogP contribution in [-0.4, -0.2) is 57.5 Å². The lowest BCUT2D eigenvalue weighted by molar-refractivity contribution is -0.387. The summed E-state index contributed by atoms with van der Waals surface area (Å²) < 4.78 is 31.7. The molecule has 10 heteroatoms. The predicted octanol–water partition coefficient (Wildman–Crippen LogP) is 0.758. The molecule has 1 N–H and O–H groups in total. The summed E-state index contributed by atoms with van der Waals surface area (Å²) >= 11 is 0. The van der Waals surface area contributed by atoms with E-state index in [2.05, 4.69) is 4.72 Å². The number of nitrogens with one attached hydrogen (secondary N) is 1. The highest BCUT2D eigenvalue weighted by atomic mass is 32.2. The summed E-state index contributed by atoms with van der Waals surface area (Å²) in [6.07, 6.45) is 1.34. The topological polar surface area (TPSA) is 119 Å². The average molecular weight is 371 g/mol. The van der Waals surface area contributed by atoms with E-state index in [1.165, 1.54) is 25.3 Å². The Kier molecular flexibility index (Phi) is 6.45. The Morgan fingerprint density at radius 1 is 1.36 bits per heavy atom. The SMILES string of the molecule is COC(=O)C1CCN(CCNS(=O)(=O)c2ccccc2[N+](=O)[O-])CC1. The van der Waals surface area contributed by atoms with Crippen molar-refractivity contribution >= 4 is 21.7 Å². The van der Waals surface area contributed by atoms with E-state index in [9.17, 15) is 23.3 Å². The number of piperidine rings is 1. The van der Waals surface area contributed by atoms with Crippen LogP contribution in [0.25, 0.3) is 0 Å². The molecular formula is C15H21N3O6S. The second kappa shape index (κ2) is 8.37. The van der Waals surface area contributed by atoms with Crippen molar-refractivity contribution in [2.24, 2.45) is 5.92 Å². The van der Waals surface area contributed by atoms with E-state index >= 15 is 0 Å². The Balaban J connectivity index is 1.88. The molecule has 138 valence electrons. The van der Waals surface area contributed by atoms with E-state index in [4.69, 9.17) is 4.74 Å². The Bertz CT molecular complexity index is 729. The summed E-state index contributed by atoms with van der Waals surface area (Å²) in [4.78, 5) is 23.4. The lowest BCUT2D eigenvalue weighted by atomic mass is 9.97. The molecule has 25 heavy (non-hydrogen) atoms. The number of sulfonamides is 1. The van der Waals surface area contributed by atoms with Crippen molar-refractivity contribution < 1.29 is 22.9 Å². The molecule has 1 aliphatic heterocycles. The van der Waals surface area contributed by atoms with Gasteiger partial charge in [0.05, 0.1) is 18.0 Å². The maximum absolute atomic E-state index is 12.3. The second-order valence-electron chi connectivity index (χ2n) is 5.76. The van der Waals surface area contributed by atoms with Crippen LogP contribution in [-0.2, 0) is 19.6 Å². The number of para-hydroxylation sites is 1. The van der Waals surface area contributed by atoms with Gasteiger partial charge < -0.3 is 9.64 Å². The Hall–Kier alpha value is -2.04. The molecule has 1 heterocycles. The third kappa shape index (κ3) is 4.97. The van der Waals surface area contributed by atoms with E-state index in [0.29, 0.717) is 32.5 Å². The molecule has 0 unspecified atom stereocenters. The highest BCUT2D eigenvalue weighted by molar-refractivity contribution is 7.89. The molecular weight excluding hydrogens is 350 g/mol. The van der Waals surface area contributed by atoms with Gasteiger partial charge in [-0.1, -0.05) is 12.1 Å². The van der Waals surface area contributed by atoms with Crippen LogP contribution >= 0.6 is 0 Å². The largest absolute Gasteiger partial charge is 0.469 e. The van der Waals surface area contributed by atoms with Crippen molar-refractivity contribution in [3.63, 3.8) is 0 Å². The first-order valence-electron chi connectivity index (χ1n) is 7.88. The quantitative estimate of drug-likeness (QED) is 0.427. The molecule has 0 radical (unpaired) electrons. The first kappa shape index (κ1) is 19.3. The zero-order valence-electron chi connectivity index (χ0n) is 13.9. The van der Waals surface area contributed by atoms with Crippen molar-refractivity contribution in [2.75, 3.05) is 33.3 Å². The molecule has 0 spiro atoms. The van der Waals surface area contributed by atoms with Crippen LogP contribution in [0, 0.1) is 16.0 Å². The highest BCUT2D eigenvalue weighted by Crippen LogP contribution is 2.22. The Labute approximate surface area is 146 Å². The van der Waals surface area contributed by atoms with E-state index in [0.717, 1.165) is 6.07 Å². The number of nitro benzene ring substituents is 1. The lowest BCUT2D eigenvalue weighted by Crippen LogP contribution is -2.41. The van der Waals surface area contributed by atoms with Gasteiger partial charge in [-0.25, -0.2) is 13.1 Å². The minimum Gasteiger partial charge on any atom is -0.469 e. The molecule has 0 aromatic heterocycles. The minimum atomic E-state index is -3.96. The maximum Gasteiger partial charge on any atom is 0.308 e. The molecule has 0 bridgehead atoms. The highest BCUT2D eigenvalue weighted by Gasteiger charge is 2.27. The van der Waals surface area contributed by atoms with E-state index in [1.807, 2.05) is 4.90 Å². The summed E-state index contributed by atoms with van der Waals surface area (Å²) in [5, 5.41) is 11.0. The fraction of sp³-hybridized carbons (Fsp3) is 0.533. The maximum atomic E-state index is 12.3. The van der Waals surface area contributed by atoms with Crippen LogP contribution in [0.5, 0.6) is 0 Å². The van der Waals surface area contributed by atoms with Crippen molar-refractivity contribution in [3.8, 4) is 0 Å². The average Bonchev–Trinajstić information content (AvgIpc) is 2.61. The molecule has 0 atom stereocenters. The van der Waals surface area contributed by atoms with Gasteiger partial charge in [0.1, 0.15) is 0 Å². The number of nitrogens with zero attached hydrogens (tertiary/aromatic N) is 2. The number of methoxy groups -OCH3 is 1. The van der Waals surface area contributed by atoms with Gasteiger partial charge in [-0.15, -0.1) is 0 Å². The van der Waals surface area contributed by atoms with Crippen LogP contribution in [0.15, 0.2) is 29.2 Å². The number of carbonyl (C=O) groups is 1. The number of ether oxygens (including phenoxy) is 1. The molecule has 0 aliphatic carbocycles. The van der Waals surface area contributed by atoms with E-state index in [-0.39, 0.29) is 23.3 Å². The third-order valence-corrected chi connectivity index (χ3v) is 5.70. The minimum absolute atomic E-state index is 0.107. The summed E-state index contributed by atoms with van der Waals surface area (Å²) in [6, 6.07) is 5.23. The number of likely N-dealkylation sites (tertiary alicyclic amines) is 1. The van der Waals surface area contributed by atoms with Crippen LogP contribution in [0.2, 0.25) is 0 Å². The summed E-state index contributed by atoms with van der Waals surface area (Å²) in [5.74, 6) is -0.318. The molecule has 1 aliphatic rings. The number of hydrogen-bond acceptors (Lipinski definition) is 7. The number of esters is 1. The van der Waals surface area contributed by atoms with Gasteiger partial charge >= 0.3 is 5.97 Å². The number of nitro groups is 1. The second-order valence-corrected chi connectivity index (χ2v) is 7.50. The standard InChI is InChI=1S/C15H21N3O6S/c1-24-15(19)12-6-9-17(10-7-12)11-8-16-25(22,23)14-5-3-2-4-13(14)18(20)21/h2-5,12,16H,6-11H2,1H3. The predicted molar refractivity (Wildman–Crippen MR) is 89.5 cm³/mol. The van der Waals surface area contributed by atoms with E-state index < -0.39 is 20.6 Å². The van der Waals surface area contributed by atoms with Gasteiger partial charge in [0.15, 0.2) is 4.90 Å². The Morgan fingerprint density at radius 2 is 2.00 bits per heavy atom. The van der Waals surface area contributed by atoms with Crippen molar-refractivity contribution in [1.29, 1.82) is 0 Å². The molecule has 0 amide bonds. The van der Waals surface area contributed by atoms with Gasteiger partial charge in [0.25, 0.3) is 5.69 Å². The summed E-state index contributed by atoms with van der Waals surface area (Å²) in [7, 11) is -2.59. The van der Waals surface area contributed by atoms with Crippen molar-refractivity contribution in [3.05, 3.63) is 34.4 Å². The molecule has 9 nitrogen and oxygen atoms in total. The Morgan fingerprint density at radius 3 is 2.60 bits per heavy atom. The first-order chi connectivity index (χ1) is 11.8. The van der Waals surface area contributed by atoms with E-state index in [1.54, 1.807) is 0 Å². The number of carbonyl (C=O) groups excluding carboxylic acids is 1. The zero-order chi connectivity index (χ0) is 18.4. The third-order valence-electron chi connectivity index (χ3n) is 4.19. The fourth-order valence-corrected chi connectivity index (χ4v) is 4.00. The van der Waals surface area contributed by atoms with Crippen molar-refractivity contribution in [2.45, 2.75) is 17.7 Å². The number of hydrogen-bond donors (Lipinski definition) is 1.